The highest BCUT2D eigenvalue weighted by Gasteiger charge is 2.43. The summed E-state index contributed by atoms with van der Waals surface area (Å²) >= 11 is 6.49. The molecule has 1 aliphatic carbocycles. The van der Waals surface area contributed by atoms with Gasteiger partial charge in [0.2, 0.25) is 11.8 Å². The number of hydrogen-bond donors (Lipinski definition) is 1. The Morgan fingerprint density at radius 1 is 1.12 bits per heavy atom. The van der Waals surface area contributed by atoms with Gasteiger partial charge in [-0.25, -0.2) is 9.78 Å². The summed E-state index contributed by atoms with van der Waals surface area (Å²) in [5, 5.41) is 15.1. The number of amides is 2. The quantitative estimate of drug-likeness (QED) is 0.567. The van der Waals surface area contributed by atoms with Gasteiger partial charge in [-0.3, -0.25) is 14.4 Å². The van der Waals surface area contributed by atoms with Crippen molar-refractivity contribution in [2.45, 2.75) is 44.8 Å². The molecular formula is C24H24ClN5O4. The number of anilines is 2. The first-order valence-electron chi connectivity index (χ1n) is 11.0. The van der Waals surface area contributed by atoms with Gasteiger partial charge >= 0.3 is 6.09 Å². The molecule has 1 saturated carbocycles. The number of ether oxygens (including phenoxy) is 1. The minimum atomic E-state index is -1.15. The molecule has 0 bridgehead atoms. The van der Waals surface area contributed by atoms with E-state index in [0.29, 0.717) is 28.9 Å². The van der Waals surface area contributed by atoms with E-state index in [4.69, 9.17) is 16.3 Å². The topological polar surface area (TPSA) is 101 Å². The molecule has 5 rings (SSSR count). The second-order valence-electron chi connectivity index (χ2n) is 8.62. The van der Waals surface area contributed by atoms with E-state index >= 15 is 0 Å². The lowest BCUT2D eigenvalue weighted by Gasteiger charge is -2.46. The third-order valence-electron chi connectivity index (χ3n) is 6.43. The highest BCUT2D eigenvalue weighted by Crippen LogP contribution is 2.47. The minimum absolute atomic E-state index is 0.199. The summed E-state index contributed by atoms with van der Waals surface area (Å²) in [6.07, 6.45) is 6.25. The number of pyridine rings is 1. The molecule has 0 radical (unpaired) electrons. The maximum atomic E-state index is 12.8. The summed E-state index contributed by atoms with van der Waals surface area (Å²) in [6, 6.07) is 6.21. The van der Waals surface area contributed by atoms with Gasteiger partial charge in [0.05, 0.1) is 47.8 Å². The molecule has 1 aromatic carbocycles. The third kappa shape index (κ3) is 3.66. The normalized spacial score (nSPS) is 19.6. The van der Waals surface area contributed by atoms with Gasteiger partial charge < -0.3 is 14.7 Å². The van der Waals surface area contributed by atoms with Crippen LogP contribution < -0.4 is 14.5 Å². The summed E-state index contributed by atoms with van der Waals surface area (Å²) < 4.78 is 7.20. The molecule has 1 fully saturated rings. The number of carbonyl (C=O) groups is 2. The Labute approximate surface area is 201 Å². The molecular weight excluding hydrogens is 458 g/mol. The maximum Gasteiger partial charge on any atom is 0.412 e. The van der Waals surface area contributed by atoms with Crippen molar-refractivity contribution in [3.63, 3.8) is 0 Å². The SMILES string of the molecule is COc1cc(C2[C@H](C)N(C(C)=O)c3ccc(-c4cnn(C5CC5)c4)cc3N2C(=O)O)c(Cl)cn1. The van der Waals surface area contributed by atoms with Gasteiger partial charge in [-0.05, 0) is 37.5 Å². The lowest BCUT2D eigenvalue weighted by Crippen LogP contribution is -2.53. The molecule has 3 aromatic rings. The molecule has 10 heteroatoms. The molecule has 3 heterocycles. The molecule has 0 spiro atoms. The summed E-state index contributed by atoms with van der Waals surface area (Å²) in [6.45, 7) is 3.28. The highest BCUT2D eigenvalue weighted by atomic mass is 35.5. The van der Waals surface area contributed by atoms with Gasteiger partial charge in [-0.15, -0.1) is 0 Å². The zero-order chi connectivity index (χ0) is 24.1. The first-order chi connectivity index (χ1) is 16.3. The number of benzene rings is 1. The second kappa shape index (κ2) is 8.32. The standard InChI is InChI=1S/C24H24ClN5O4/c1-13-23(18-9-22(34-3)26-11-19(18)25)30(24(32)33)21-8-15(4-7-20(21)29(13)14(2)31)16-10-27-28(12-16)17-5-6-17/h4,7-13,17,23H,5-6H2,1-3H3,(H,32,33)/t13-,23?/m0/s1. The fourth-order valence-corrected chi connectivity index (χ4v) is 4.92. The number of nitrogens with zero attached hydrogens (tertiary/aromatic N) is 5. The summed E-state index contributed by atoms with van der Waals surface area (Å²) in [4.78, 5) is 32.4. The van der Waals surface area contributed by atoms with Gasteiger partial charge in [0.1, 0.15) is 0 Å². The van der Waals surface area contributed by atoms with Crippen LogP contribution in [0.1, 0.15) is 44.3 Å². The van der Waals surface area contributed by atoms with E-state index in [1.165, 1.54) is 25.1 Å². The Balaban J connectivity index is 1.68. The van der Waals surface area contributed by atoms with Gasteiger partial charge in [0.15, 0.2) is 0 Å². The molecule has 1 aliphatic heterocycles. The number of halogens is 1. The fraction of sp³-hybridized carbons (Fsp3) is 0.333. The zero-order valence-electron chi connectivity index (χ0n) is 19.0. The van der Waals surface area contributed by atoms with E-state index in [-0.39, 0.29) is 10.9 Å². The molecule has 0 saturated heterocycles. The summed E-state index contributed by atoms with van der Waals surface area (Å²) in [5.41, 5.74) is 3.12. The van der Waals surface area contributed by atoms with Crippen LogP contribution in [0.2, 0.25) is 5.02 Å². The van der Waals surface area contributed by atoms with Crippen molar-refractivity contribution in [1.82, 2.24) is 14.8 Å². The van der Waals surface area contributed by atoms with Crippen molar-refractivity contribution in [2.75, 3.05) is 16.9 Å². The number of hydrogen-bond acceptors (Lipinski definition) is 5. The van der Waals surface area contributed by atoms with Crippen molar-refractivity contribution >= 4 is 35.0 Å². The van der Waals surface area contributed by atoms with Crippen LogP contribution in [0.5, 0.6) is 5.88 Å². The lowest BCUT2D eigenvalue weighted by molar-refractivity contribution is -0.117. The van der Waals surface area contributed by atoms with Crippen LogP contribution in [0.15, 0.2) is 42.9 Å². The number of carboxylic acid groups (broad SMARTS) is 1. The zero-order valence-corrected chi connectivity index (χ0v) is 19.7. The van der Waals surface area contributed by atoms with Crippen LogP contribution in [0.25, 0.3) is 11.1 Å². The molecule has 2 atom stereocenters. The largest absolute Gasteiger partial charge is 0.481 e. The highest BCUT2D eigenvalue weighted by molar-refractivity contribution is 6.31. The van der Waals surface area contributed by atoms with Crippen LogP contribution >= 0.6 is 11.6 Å². The Morgan fingerprint density at radius 3 is 2.53 bits per heavy atom. The van der Waals surface area contributed by atoms with Gasteiger partial charge in [-0.2, -0.15) is 5.10 Å². The molecule has 1 unspecified atom stereocenters. The number of rotatable bonds is 4. The number of aromatic nitrogens is 3. The van der Waals surface area contributed by atoms with Gasteiger partial charge in [-0.1, -0.05) is 17.7 Å². The summed E-state index contributed by atoms with van der Waals surface area (Å²) in [7, 11) is 1.48. The lowest BCUT2D eigenvalue weighted by atomic mass is 9.92. The first-order valence-corrected chi connectivity index (χ1v) is 11.4. The number of methoxy groups -OCH3 is 1. The van der Waals surface area contributed by atoms with Crippen LogP contribution in [0.3, 0.4) is 0 Å². The average molecular weight is 482 g/mol. The second-order valence-corrected chi connectivity index (χ2v) is 9.03. The third-order valence-corrected chi connectivity index (χ3v) is 6.74. The summed E-state index contributed by atoms with van der Waals surface area (Å²) in [5.74, 6) is 0.105. The van der Waals surface area contributed by atoms with Crippen LogP contribution in [-0.4, -0.2) is 45.0 Å². The van der Waals surface area contributed by atoms with Crippen molar-refractivity contribution < 1.29 is 19.4 Å². The average Bonchev–Trinajstić information content (AvgIpc) is 3.54. The van der Waals surface area contributed by atoms with E-state index in [1.807, 2.05) is 23.9 Å². The van der Waals surface area contributed by atoms with E-state index in [9.17, 15) is 14.7 Å². The van der Waals surface area contributed by atoms with Crippen LogP contribution in [0, 0.1) is 0 Å². The number of fused-ring (bicyclic) bond motifs is 1. The van der Waals surface area contributed by atoms with Gasteiger partial charge in [0.25, 0.3) is 0 Å². The first kappa shape index (κ1) is 22.2. The van der Waals surface area contributed by atoms with Crippen molar-refractivity contribution in [3.05, 3.63) is 53.4 Å². The molecule has 2 aliphatic rings. The van der Waals surface area contributed by atoms with Crippen molar-refractivity contribution in [2.24, 2.45) is 0 Å². The molecule has 1 N–H and O–H groups in total. The molecule has 2 aromatic heterocycles. The van der Waals surface area contributed by atoms with Crippen LogP contribution in [0.4, 0.5) is 16.2 Å². The Hall–Kier alpha value is -3.59. The Kier molecular flexibility index (Phi) is 5.44. The molecule has 176 valence electrons. The predicted octanol–water partition coefficient (Wildman–Crippen LogP) is 4.92. The molecule has 9 nitrogen and oxygen atoms in total. The molecule has 2 amide bonds. The van der Waals surface area contributed by atoms with Gasteiger partial charge in [0, 0.05) is 36.5 Å². The molecule has 34 heavy (non-hydrogen) atoms. The maximum absolute atomic E-state index is 12.8. The Bertz CT molecular complexity index is 1290. The smallest absolute Gasteiger partial charge is 0.412 e. The van der Waals surface area contributed by atoms with Crippen molar-refractivity contribution in [1.29, 1.82) is 0 Å². The monoisotopic (exact) mass is 481 g/mol. The van der Waals surface area contributed by atoms with E-state index in [2.05, 4.69) is 10.1 Å². The fourth-order valence-electron chi connectivity index (χ4n) is 4.70. The predicted molar refractivity (Wildman–Crippen MR) is 128 cm³/mol. The Morgan fingerprint density at radius 2 is 1.88 bits per heavy atom. The van der Waals surface area contributed by atoms with E-state index in [1.54, 1.807) is 29.3 Å². The van der Waals surface area contributed by atoms with Crippen LogP contribution in [-0.2, 0) is 4.79 Å². The number of carbonyl (C=O) groups excluding carboxylic acids is 1. The van der Waals surface area contributed by atoms with E-state index in [0.717, 1.165) is 24.0 Å². The van der Waals surface area contributed by atoms with E-state index < -0.39 is 18.2 Å². The minimum Gasteiger partial charge on any atom is -0.481 e. The van der Waals surface area contributed by atoms with Crippen molar-refractivity contribution in [3.8, 4) is 17.0 Å².